The Morgan fingerprint density at radius 1 is 0.217 bits per heavy atom. The summed E-state index contributed by atoms with van der Waals surface area (Å²) in [6, 6.07) is 83.5. The maximum absolute atomic E-state index is 10.3. The largest absolute Gasteiger partial charge is 0.507 e. The maximum atomic E-state index is 10.3. The Hall–Kier alpha value is -15.7. The molecule has 24 heteroatoms. The zero-order chi connectivity index (χ0) is 82.7. The summed E-state index contributed by atoms with van der Waals surface area (Å²) in [6.45, 7) is 15.3. The monoisotopic (exact) mass is 1590 g/mol. The quantitative estimate of drug-likeness (QED) is 0.0698. The third-order valence-corrected chi connectivity index (χ3v) is 19.0. The number of nitrogens with zero attached hydrogens (tertiary/aromatic N) is 12. The Morgan fingerprint density at radius 3 is 0.958 bits per heavy atom. The molecule has 24 nitrogen and oxygen atoms in total. The lowest BCUT2D eigenvalue weighted by atomic mass is 10.1. The molecule has 0 saturated carbocycles. The zero-order valence-electron chi connectivity index (χ0n) is 66.1. The van der Waals surface area contributed by atoms with Gasteiger partial charge in [0.05, 0.1) is 52.2 Å². The number of fused-ring (bicyclic) bond motifs is 12. The molecule has 120 heavy (non-hydrogen) atoms. The molecule has 0 radical (unpaired) electrons. The van der Waals surface area contributed by atoms with Gasteiger partial charge in [-0.2, -0.15) is 39.9 Å². The normalized spacial score (nSPS) is 11.4. The van der Waals surface area contributed by atoms with Crippen LogP contribution < -0.4 is 18.9 Å². The number of hydrogen-bond donors (Lipinski definition) is 4. The van der Waals surface area contributed by atoms with Gasteiger partial charge in [-0.1, -0.05) is 152 Å². The fraction of sp³-hybridized carbons (Fsp3) is 0.125. The van der Waals surface area contributed by atoms with Crippen LogP contribution in [0.15, 0.2) is 285 Å². The molecule has 0 unspecified atom stereocenters. The number of phenolic OH excluding ortho intramolecular Hbond substituents is 4. The van der Waals surface area contributed by atoms with Crippen molar-refractivity contribution in [1.29, 1.82) is 0 Å². The van der Waals surface area contributed by atoms with Crippen LogP contribution in [0.3, 0.4) is 0 Å². The maximum Gasteiger partial charge on any atom is 0.320 e. The van der Waals surface area contributed by atoms with E-state index in [4.69, 9.17) is 36.6 Å². The first kappa shape index (κ1) is 76.9. The molecule has 0 aliphatic heterocycles. The van der Waals surface area contributed by atoms with Gasteiger partial charge in [-0.3, -0.25) is 0 Å². The molecule has 8 aromatic heterocycles. The Balaban J connectivity index is 0.000000114. The minimum atomic E-state index is -0.112. The highest BCUT2D eigenvalue weighted by atomic mass is 16.5. The summed E-state index contributed by atoms with van der Waals surface area (Å²) < 4.78 is 47.1. The van der Waals surface area contributed by atoms with Crippen LogP contribution in [0.1, 0.15) is 55.4 Å². The minimum absolute atomic E-state index is 0.0899. The van der Waals surface area contributed by atoms with Gasteiger partial charge in [0, 0.05) is 59.8 Å². The SMILES string of the molecule is CC(C)Oc1nc(-c2ccc3c(c2)oc2ccccc23)nc(-c2ccccc2O)n1.CC(C)Oc1nc(-c2ccc3oc4ccccc4c3c2)nc(-c2ccccc2O)n1.CC(C)Oc1nc(-c2ccccc2O)nc(-c2cccc3c2oc2ccccc23)n1.CC(C)Oc1nc(-c2ccccc2O)nc(-c2cccc3oc4ccccc4c23)n1. The van der Waals surface area contributed by atoms with Crippen LogP contribution in [0.4, 0.5) is 0 Å². The van der Waals surface area contributed by atoms with Crippen molar-refractivity contribution in [3.05, 3.63) is 267 Å². The van der Waals surface area contributed by atoms with E-state index < -0.39 is 0 Å². The van der Waals surface area contributed by atoms with Gasteiger partial charge in [-0.05, 0) is 171 Å². The minimum Gasteiger partial charge on any atom is -0.507 e. The van der Waals surface area contributed by atoms with Crippen molar-refractivity contribution in [2.24, 2.45) is 0 Å². The van der Waals surface area contributed by atoms with Crippen LogP contribution in [0.5, 0.6) is 47.0 Å². The molecule has 4 N–H and O–H groups in total. The van der Waals surface area contributed by atoms with E-state index in [0.717, 1.165) is 104 Å². The van der Waals surface area contributed by atoms with E-state index in [-0.39, 0.29) is 71.5 Å². The smallest absolute Gasteiger partial charge is 0.320 e. The van der Waals surface area contributed by atoms with Crippen LogP contribution in [0.2, 0.25) is 0 Å². The lowest BCUT2D eigenvalue weighted by Crippen LogP contribution is -2.10. The average molecular weight is 1590 g/mol. The Bertz CT molecular complexity index is 7180. The molecule has 0 aliphatic carbocycles. The predicted octanol–water partition coefficient (Wildman–Crippen LogP) is 22.4. The molecule has 20 aromatic rings. The molecular weight excluding hydrogens is 1510 g/mol. The molecular formula is C96H76N12O12. The molecule has 0 atom stereocenters. The van der Waals surface area contributed by atoms with Gasteiger partial charge in [-0.15, -0.1) is 0 Å². The van der Waals surface area contributed by atoms with Crippen LogP contribution in [0.25, 0.3) is 179 Å². The van der Waals surface area contributed by atoms with Gasteiger partial charge in [0.25, 0.3) is 0 Å². The predicted molar refractivity (Wildman–Crippen MR) is 462 cm³/mol. The van der Waals surface area contributed by atoms with Crippen LogP contribution in [-0.2, 0) is 0 Å². The van der Waals surface area contributed by atoms with Crippen molar-refractivity contribution < 1.29 is 57.0 Å². The number of furan rings is 4. The molecule has 0 bridgehead atoms. The summed E-state index contributed by atoms with van der Waals surface area (Å²) in [4.78, 5) is 54.3. The van der Waals surface area contributed by atoms with E-state index >= 15 is 0 Å². The standard InChI is InChI=1S/4C24H19N3O3/c1-14(2)29-24-26-22(17-9-3-5-12-19(17)28)25-23(27-24)18-11-7-10-16-15-8-4-6-13-20(15)30-21(16)18;1-14(2)29-24-26-22(15-8-3-5-11-18(15)28)25-23(27-24)17-10-7-13-20-21(17)16-9-4-6-12-19(16)30-20;1-14(2)29-24-26-22(25-23(27-24)18-8-3-5-9-19(18)28)15-11-12-17-16-7-4-6-10-20(16)30-21(17)13-15;1-14(2)29-24-26-22(25-23(27-24)17-8-3-5-9-19(17)28)15-11-12-21-18(13-15)16-7-4-6-10-20(16)30-21/h4*3-14,28H,1-2H3. The summed E-state index contributed by atoms with van der Waals surface area (Å²) in [6.07, 6.45) is -0.421. The second-order valence-corrected chi connectivity index (χ2v) is 29.0. The molecule has 20 rings (SSSR count). The molecule has 8 heterocycles. The fourth-order valence-electron chi connectivity index (χ4n) is 13.7. The number of hydrogen-bond acceptors (Lipinski definition) is 24. The fourth-order valence-corrected chi connectivity index (χ4v) is 13.7. The molecule has 0 fully saturated rings. The number of benzene rings is 12. The van der Waals surface area contributed by atoms with Crippen LogP contribution in [-0.4, -0.2) is 105 Å². The highest BCUT2D eigenvalue weighted by Crippen LogP contribution is 2.42. The first-order valence-corrected chi connectivity index (χ1v) is 38.9. The lowest BCUT2D eigenvalue weighted by molar-refractivity contribution is 0.221. The van der Waals surface area contributed by atoms with Crippen molar-refractivity contribution >= 4 is 87.8 Å². The Kier molecular flexibility index (Phi) is 21.3. The summed E-state index contributed by atoms with van der Waals surface area (Å²) in [5, 5.41) is 49.2. The summed E-state index contributed by atoms with van der Waals surface area (Å²) >= 11 is 0. The van der Waals surface area contributed by atoms with E-state index in [1.54, 1.807) is 72.8 Å². The van der Waals surface area contributed by atoms with E-state index in [9.17, 15) is 20.4 Å². The molecule has 0 amide bonds. The first-order valence-electron chi connectivity index (χ1n) is 38.9. The molecule has 0 spiro atoms. The summed E-state index contributed by atoms with van der Waals surface area (Å²) in [5.74, 6) is 3.54. The Labute approximate surface area is 685 Å². The highest BCUT2D eigenvalue weighted by molar-refractivity contribution is 6.12. The Morgan fingerprint density at radius 2 is 0.500 bits per heavy atom. The third kappa shape index (κ3) is 16.2. The highest BCUT2D eigenvalue weighted by Gasteiger charge is 2.24. The molecule has 12 aromatic carbocycles. The van der Waals surface area contributed by atoms with Gasteiger partial charge >= 0.3 is 24.0 Å². The second-order valence-electron chi connectivity index (χ2n) is 29.0. The summed E-state index contributed by atoms with van der Waals surface area (Å²) in [5.41, 5.74) is 11.4. The van der Waals surface area contributed by atoms with Crippen molar-refractivity contribution in [1.82, 2.24) is 59.8 Å². The van der Waals surface area contributed by atoms with Gasteiger partial charge in [-0.25, -0.2) is 19.9 Å². The number of phenols is 4. The first-order chi connectivity index (χ1) is 58.4. The van der Waals surface area contributed by atoms with Gasteiger partial charge in [0.2, 0.25) is 0 Å². The number of ether oxygens (including phenoxy) is 4. The third-order valence-electron chi connectivity index (χ3n) is 19.0. The lowest BCUT2D eigenvalue weighted by Gasteiger charge is -2.12. The van der Waals surface area contributed by atoms with E-state index in [1.807, 2.05) is 250 Å². The molecule has 0 saturated heterocycles. The van der Waals surface area contributed by atoms with Gasteiger partial charge < -0.3 is 57.0 Å². The molecule has 0 aliphatic rings. The van der Waals surface area contributed by atoms with Gasteiger partial charge in [0.15, 0.2) is 46.6 Å². The molecule has 592 valence electrons. The van der Waals surface area contributed by atoms with Crippen molar-refractivity contribution in [2.75, 3.05) is 0 Å². The van der Waals surface area contributed by atoms with Crippen molar-refractivity contribution in [3.63, 3.8) is 0 Å². The summed E-state index contributed by atoms with van der Waals surface area (Å²) in [7, 11) is 0. The van der Waals surface area contributed by atoms with E-state index in [2.05, 4.69) is 59.8 Å². The second kappa shape index (κ2) is 33.2. The number of rotatable bonds is 16. The van der Waals surface area contributed by atoms with Gasteiger partial charge in [0.1, 0.15) is 67.7 Å². The van der Waals surface area contributed by atoms with Crippen LogP contribution >= 0.6 is 0 Å². The zero-order valence-corrected chi connectivity index (χ0v) is 66.1. The topological polar surface area (TPSA) is 325 Å². The number of para-hydroxylation sites is 9. The number of aromatic hydroxyl groups is 4. The number of aromatic nitrogens is 12. The van der Waals surface area contributed by atoms with E-state index in [1.165, 1.54) is 0 Å². The van der Waals surface area contributed by atoms with E-state index in [0.29, 0.717) is 74.4 Å². The van der Waals surface area contributed by atoms with Crippen LogP contribution in [0, 0.1) is 0 Å². The van der Waals surface area contributed by atoms with Crippen molar-refractivity contribution in [2.45, 2.75) is 79.8 Å². The van der Waals surface area contributed by atoms with Crippen molar-refractivity contribution in [3.8, 4) is 138 Å². The average Bonchev–Trinajstić information content (AvgIpc) is 1.52.